The van der Waals surface area contributed by atoms with Gasteiger partial charge in [-0.05, 0) is 37.6 Å². The Morgan fingerprint density at radius 2 is 1.88 bits per heavy atom. The highest BCUT2D eigenvalue weighted by Gasteiger charge is 2.08. The van der Waals surface area contributed by atoms with E-state index in [1.807, 2.05) is 25.1 Å². The van der Waals surface area contributed by atoms with Crippen molar-refractivity contribution < 1.29 is 0 Å². The molecule has 82 valence electrons. The lowest BCUT2D eigenvalue weighted by Gasteiger charge is -2.08. The second-order valence-corrected chi connectivity index (χ2v) is 5.02. The van der Waals surface area contributed by atoms with E-state index in [0.29, 0.717) is 5.15 Å². The average Bonchev–Trinajstić information content (AvgIpc) is 2.25. The highest BCUT2D eigenvalue weighted by molar-refractivity contribution is 9.10. The van der Waals surface area contributed by atoms with E-state index in [1.54, 1.807) is 0 Å². The zero-order valence-corrected chi connectivity index (χ0v) is 11.4. The minimum atomic E-state index is 0.522. The van der Waals surface area contributed by atoms with Gasteiger partial charge in [0.1, 0.15) is 5.15 Å². The van der Waals surface area contributed by atoms with Gasteiger partial charge in [-0.2, -0.15) is 0 Å². The van der Waals surface area contributed by atoms with Crippen LogP contribution in [0.4, 0.5) is 0 Å². The van der Waals surface area contributed by atoms with Gasteiger partial charge in [-0.1, -0.05) is 45.2 Å². The summed E-state index contributed by atoms with van der Waals surface area (Å²) in [5, 5.41) is 0.522. The Hall–Kier alpha value is -0.860. The molecule has 0 fully saturated rings. The fraction of sp³-hybridized carbons (Fsp3) is 0.154. The summed E-state index contributed by atoms with van der Waals surface area (Å²) in [7, 11) is 0. The second kappa shape index (κ2) is 4.56. The maximum absolute atomic E-state index is 5.93. The van der Waals surface area contributed by atoms with Crippen LogP contribution in [0.5, 0.6) is 0 Å². The number of aryl methyl sites for hydroxylation is 2. The lowest BCUT2D eigenvalue weighted by molar-refractivity contribution is 1.26. The quantitative estimate of drug-likeness (QED) is 0.690. The van der Waals surface area contributed by atoms with Gasteiger partial charge in [0.15, 0.2) is 0 Å². The van der Waals surface area contributed by atoms with E-state index in [9.17, 15) is 0 Å². The highest BCUT2D eigenvalue weighted by Crippen LogP contribution is 2.30. The first kappa shape index (κ1) is 11.6. The first-order valence-corrected chi connectivity index (χ1v) is 6.14. The molecule has 0 N–H and O–H groups in total. The Morgan fingerprint density at radius 1 is 1.12 bits per heavy atom. The molecule has 0 spiro atoms. The molecule has 1 aromatic heterocycles. The fourth-order valence-corrected chi connectivity index (χ4v) is 2.18. The van der Waals surface area contributed by atoms with Crippen molar-refractivity contribution in [2.45, 2.75) is 13.8 Å². The van der Waals surface area contributed by atoms with Crippen molar-refractivity contribution >= 4 is 27.5 Å². The maximum atomic E-state index is 5.93. The monoisotopic (exact) mass is 295 g/mol. The molecule has 0 saturated heterocycles. The molecule has 0 aliphatic rings. The van der Waals surface area contributed by atoms with Crippen molar-refractivity contribution in [3.63, 3.8) is 0 Å². The largest absolute Gasteiger partial charge is 0.236 e. The van der Waals surface area contributed by atoms with Crippen molar-refractivity contribution in [2.24, 2.45) is 0 Å². The average molecular weight is 297 g/mol. The molecule has 3 heteroatoms. The third kappa shape index (κ3) is 2.28. The number of hydrogen-bond donors (Lipinski definition) is 0. The summed E-state index contributed by atoms with van der Waals surface area (Å²) in [5.74, 6) is 0. The zero-order valence-electron chi connectivity index (χ0n) is 9.09. The number of pyridine rings is 1. The molecular formula is C13H11BrClN. The van der Waals surface area contributed by atoms with Crippen LogP contribution in [0.3, 0.4) is 0 Å². The van der Waals surface area contributed by atoms with Crippen LogP contribution in [-0.4, -0.2) is 4.98 Å². The van der Waals surface area contributed by atoms with Crippen LogP contribution >= 0.6 is 27.5 Å². The van der Waals surface area contributed by atoms with E-state index in [0.717, 1.165) is 21.3 Å². The van der Waals surface area contributed by atoms with Crippen molar-refractivity contribution in [2.75, 3.05) is 0 Å². The first-order chi connectivity index (χ1) is 7.58. The van der Waals surface area contributed by atoms with E-state index in [2.05, 4.69) is 40.0 Å². The number of hydrogen-bond acceptors (Lipinski definition) is 1. The highest BCUT2D eigenvalue weighted by atomic mass is 79.9. The first-order valence-electron chi connectivity index (χ1n) is 4.97. The molecule has 1 aromatic carbocycles. The molecular weight excluding hydrogens is 286 g/mol. The van der Waals surface area contributed by atoms with Crippen LogP contribution in [-0.2, 0) is 0 Å². The normalized spacial score (nSPS) is 10.5. The lowest BCUT2D eigenvalue weighted by atomic mass is 10.0. The van der Waals surface area contributed by atoms with Crippen LogP contribution in [0.1, 0.15) is 11.1 Å². The summed E-state index contributed by atoms with van der Waals surface area (Å²) < 4.78 is 1.04. The minimum absolute atomic E-state index is 0.522. The third-order valence-electron chi connectivity index (χ3n) is 2.44. The predicted octanol–water partition coefficient (Wildman–Crippen LogP) is 4.78. The van der Waals surface area contributed by atoms with E-state index in [1.165, 1.54) is 5.56 Å². The Kier molecular flexibility index (Phi) is 3.31. The lowest BCUT2D eigenvalue weighted by Crippen LogP contribution is -1.90. The molecule has 0 unspecified atom stereocenters. The van der Waals surface area contributed by atoms with E-state index in [-0.39, 0.29) is 0 Å². The van der Waals surface area contributed by atoms with Gasteiger partial charge in [-0.3, -0.25) is 0 Å². The Bertz CT molecular complexity index is 488. The Balaban J connectivity index is 2.66. The number of benzene rings is 1. The third-order valence-corrected chi connectivity index (χ3v) is 3.34. The molecule has 0 radical (unpaired) electrons. The molecule has 2 aromatic rings. The van der Waals surface area contributed by atoms with Crippen LogP contribution < -0.4 is 0 Å². The summed E-state index contributed by atoms with van der Waals surface area (Å²) in [6.07, 6.45) is 0. The molecule has 0 atom stereocenters. The standard InChI is InChI=1S/C13H11BrClN/c1-8-3-5-11(14)10(7-8)13-9(2)4-6-12(15)16-13/h3-7H,1-2H3. The zero-order chi connectivity index (χ0) is 11.7. The maximum Gasteiger partial charge on any atom is 0.129 e. The van der Waals surface area contributed by atoms with Crippen LogP contribution in [0, 0.1) is 13.8 Å². The van der Waals surface area contributed by atoms with Crippen LogP contribution in [0.15, 0.2) is 34.8 Å². The topological polar surface area (TPSA) is 12.9 Å². The molecule has 1 heterocycles. The fourth-order valence-electron chi connectivity index (χ4n) is 1.60. The van der Waals surface area contributed by atoms with Crippen molar-refractivity contribution in [3.8, 4) is 11.3 Å². The number of rotatable bonds is 1. The molecule has 0 bridgehead atoms. The number of halogens is 2. The molecule has 0 aliphatic heterocycles. The molecule has 2 rings (SSSR count). The Morgan fingerprint density at radius 3 is 2.62 bits per heavy atom. The molecule has 16 heavy (non-hydrogen) atoms. The summed E-state index contributed by atoms with van der Waals surface area (Å²) in [6, 6.07) is 10.00. The van der Waals surface area contributed by atoms with Crippen molar-refractivity contribution in [1.29, 1.82) is 0 Å². The van der Waals surface area contributed by atoms with Gasteiger partial charge in [-0.15, -0.1) is 0 Å². The molecule has 0 saturated carbocycles. The van der Waals surface area contributed by atoms with Gasteiger partial charge in [0.05, 0.1) is 5.69 Å². The summed E-state index contributed by atoms with van der Waals surface area (Å²) in [4.78, 5) is 4.38. The minimum Gasteiger partial charge on any atom is -0.236 e. The van der Waals surface area contributed by atoms with Crippen molar-refractivity contribution in [1.82, 2.24) is 4.98 Å². The van der Waals surface area contributed by atoms with Gasteiger partial charge in [0.2, 0.25) is 0 Å². The van der Waals surface area contributed by atoms with Gasteiger partial charge in [0, 0.05) is 10.0 Å². The second-order valence-electron chi connectivity index (χ2n) is 3.78. The Labute approximate surface area is 109 Å². The van der Waals surface area contributed by atoms with Gasteiger partial charge < -0.3 is 0 Å². The van der Waals surface area contributed by atoms with E-state index in [4.69, 9.17) is 11.6 Å². The number of aromatic nitrogens is 1. The van der Waals surface area contributed by atoms with Gasteiger partial charge in [0.25, 0.3) is 0 Å². The summed E-state index contributed by atoms with van der Waals surface area (Å²) >= 11 is 9.48. The van der Waals surface area contributed by atoms with E-state index < -0.39 is 0 Å². The van der Waals surface area contributed by atoms with E-state index >= 15 is 0 Å². The molecule has 0 aliphatic carbocycles. The number of nitrogens with zero attached hydrogens (tertiary/aromatic N) is 1. The summed E-state index contributed by atoms with van der Waals surface area (Å²) in [5.41, 5.74) is 4.35. The van der Waals surface area contributed by atoms with Gasteiger partial charge in [-0.25, -0.2) is 4.98 Å². The predicted molar refractivity (Wildman–Crippen MR) is 71.9 cm³/mol. The summed E-state index contributed by atoms with van der Waals surface area (Å²) in [6.45, 7) is 4.10. The van der Waals surface area contributed by atoms with Crippen molar-refractivity contribution in [3.05, 3.63) is 51.1 Å². The van der Waals surface area contributed by atoms with Crippen LogP contribution in [0.2, 0.25) is 5.15 Å². The molecule has 1 nitrogen and oxygen atoms in total. The molecule has 0 amide bonds. The SMILES string of the molecule is Cc1ccc(Br)c(-c2nc(Cl)ccc2C)c1. The van der Waals surface area contributed by atoms with Crippen LogP contribution in [0.25, 0.3) is 11.3 Å². The van der Waals surface area contributed by atoms with Gasteiger partial charge >= 0.3 is 0 Å². The smallest absolute Gasteiger partial charge is 0.129 e.